The molecule has 2 heterocycles. The zero-order chi connectivity index (χ0) is 18.0. The van der Waals surface area contributed by atoms with Crippen LogP contribution in [0.25, 0.3) is 0 Å². The number of piperazine rings is 1. The van der Waals surface area contributed by atoms with Crippen LogP contribution < -0.4 is 5.32 Å². The van der Waals surface area contributed by atoms with Gasteiger partial charge in [-0.15, -0.1) is 0 Å². The molecule has 0 bridgehead atoms. The summed E-state index contributed by atoms with van der Waals surface area (Å²) in [6.07, 6.45) is 2.22. The van der Waals surface area contributed by atoms with Gasteiger partial charge in [0, 0.05) is 32.7 Å². The molecule has 0 spiro atoms. The monoisotopic (exact) mass is 377 g/mol. The van der Waals surface area contributed by atoms with Crippen molar-refractivity contribution in [3.8, 4) is 0 Å². The molecule has 9 heteroatoms. The van der Waals surface area contributed by atoms with Gasteiger partial charge in [0.25, 0.3) is 0 Å². The number of hydrogen-bond donors (Lipinski definition) is 1. The maximum absolute atomic E-state index is 13.9. The highest BCUT2D eigenvalue weighted by Gasteiger charge is 2.33. The zero-order valence-corrected chi connectivity index (χ0v) is 14.7. The first kappa shape index (κ1) is 18.6. The molecule has 1 aromatic carbocycles. The highest BCUT2D eigenvalue weighted by molar-refractivity contribution is 7.89. The number of halogens is 3. The molecule has 0 aliphatic carbocycles. The quantitative estimate of drug-likeness (QED) is 0.807. The molecule has 1 aromatic rings. The molecule has 0 unspecified atom stereocenters. The first-order chi connectivity index (χ1) is 11.9. The van der Waals surface area contributed by atoms with Crippen LogP contribution in [-0.4, -0.2) is 63.4 Å². The minimum Gasteiger partial charge on any atom is -0.317 e. The minimum absolute atomic E-state index is 0.214. The number of hydrogen-bond acceptors (Lipinski definition) is 4. The largest absolute Gasteiger partial charge is 0.317 e. The Balaban J connectivity index is 1.64. The normalized spacial score (nSPS) is 21.6. The maximum atomic E-state index is 13.9. The van der Waals surface area contributed by atoms with Crippen molar-refractivity contribution in [1.29, 1.82) is 0 Å². The Bertz CT molecular complexity index is 716. The molecule has 0 atom stereocenters. The summed E-state index contributed by atoms with van der Waals surface area (Å²) in [7, 11) is -4.17. The van der Waals surface area contributed by atoms with Gasteiger partial charge in [-0.2, -0.15) is 4.31 Å². The number of nitrogens with one attached hydrogen (secondary N) is 1. The van der Waals surface area contributed by atoms with Crippen molar-refractivity contribution >= 4 is 10.0 Å². The molecule has 3 rings (SSSR count). The van der Waals surface area contributed by atoms with Crippen LogP contribution in [-0.2, 0) is 10.0 Å². The molecule has 140 valence electrons. The van der Waals surface area contributed by atoms with E-state index in [1.165, 1.54) is 0 Å². The summed E-state index contributed by atoms with van der Waals surface area (Å²) in [4.78, 5) is 1.40. The molecule has 1 N–H and O–H groups in total. The van der Waals surface area contributed by atoms with E-state index in [0.29, 0.717) is 25.1 Å². The lowest BCUT2D eigenvalue weighted by molar-refractivity contribution is 0.152. The number of sulfonamides is 1. The molecule has 0 radical (unpaired) electrons. The Morgan fingerprint density at radius 3 is 2.28 bits per heavy atom. The van der Waals surface area contributed by atoms with Crippen LogP contribution in [0.5, 0.6) is 0 Å². The summed E-state index contributed by atoms with van der Waals surface area (Å²) < 4.78 is 66.5. The van der Waals surface area contributed by atoms with Gasteiger partial charge in [0.1, 0.15) is 4.90 Å². The molecule has 2 aliphatic heterocycles. The molecule has 0 saturated carbocycles. The predicted octanol–water partition coefficient (Wildman–Crippen LogP) is 1.41. The van der Waals surface area contributed by atoms with E-state index in [1.807, 2.05) is 0 Å². The number of benzene rings is 1. The molecule has 2 saturated heterocycles. The highest BCUT2D eigenvalue weighted by atomic mass is 32.2. The van der Waals surface area contributed by atoms with Crippen molar-refractivity contribution in [2.24, 2.45) is 5.92 Å². The van der Waals surface area contributed by atoms with Crippen molar-refractivity contribution in [2.75, 3.05) is 45.8 Å². The first-order valence-electron chi connectivity index (χ1n) is 8.46. The number of nitrogens with zero attached hydrogens (tertiary/aromatic N) is 2. The maximum Gasteiger partial charge on any atom is 0.246 e. The van der Waals surface area contributed by atoms with Crippen LogP contribution in [0, 0.1) is 23.4 Å². The Kier molecular flexibility index (Phi) is 5.67. The second-order valence-corrected chi connectivity index (χ2v) is 8.48. The van der Waals surface area contributed by atoms with Crippen molar-refractivity contribution in [3.63, 3.8) is 0 Å². The van der Waals surface area contributed by atoms with Gasteiger partial charge in [-0.1, -0.05) is 0 Å². The van der Waals surface area contributed by atoms with E-state index in [4.69, 9.17) is 0 Å². The van der Waals surface area contributed by atoms with Crippen LogP contribution in [0.2, 0.25) is 0 Å². The summed E-state index contributed by atoms with van der Waals surface area (Å²) in [5.41, 5.74) is 0. The Morgan fingerprint density at radius 1 is 1.00 bits per heavy atom. The topological polar surface area (TPSA) is 52.7 Å². The predicted molar refractivity (Wildman–Crippen MR) is 87.1 cm³/mol. The molecular weight excluding hydrogens is 355 g/mol. The third-order valence-electron chi connectivity index (χ3n) is 4.92. The van der Waals surface area contributed by atoms with Gasteiger partial charge >= 0.3 is 0 Å². The van der Waals surface area contributed by atoms with Crippen LogP contribution in [0.1, 0.15) is 12.8 Å². The summed E-state index contributed by atoms with van der Waals surface area (Å²) in [5.74, 6) is -4.21. The number of piperidine rings is 1. The van der Waals surface area contributed by atoms with Crippen LogP contribution in [0.15, 0.2) is 17.0 Å². The van der Waals surface area contributed by atoms with Crippen molar-refractivity contribution in [3.05, 3.63) is 29.6 Å². The van der Waals surface area contributed by atoms with Gasteiger partial charge in [0.2, 0.25) is 10.0 Å². The number of rotatable bonds is 4. The zero-order valence-electron chi connectivity index (χ0n) is 13.8. The van der Waals surface area contributed by atoms with Crippen molar-refractivity contribution in [2.45, 2.75) is 17.7 Å². The summed E-state index contributed by atoms with van der Waals surface area (Å²) >= 11 is 0. The van der Waals surface area contributed by atoms with Gasteiger partial charge in [-0.05, 0) is 44.0 Å². The van der Waals surface area contributed by atoms with Gasteiger partial charge in [-0.3, -0.25) is 0 Å². The first-order valence-corrected chi connectivity index (χ1v) is 9.90. The van der Waals surface area contributed by atoms with E-state index in [2.05, 4.69) is 10.2 Å². The molecule has 25 heavy (non-hydrogen) atoms. The Labute approximate surface area is 145 Å². The lowest BCUT2D eigenvalue weighted by Crippen LogP contribution is -2.50. The Hall–Kier alpha value is -1.16. The molecule has 5 nitrogen and oxygen atoms in total. The fourth-order valence-electron chi connectivity index (χ4n) is 3.43. The van der Waals surface area contributed by atoms with Crippen molar-refractivity contribution < 1.29 is 21.6 Å². The highest BCUT2D eigenvalue weighted by Crippen LogP contribution is 2.24. The molecular formula is C16H22F3N3O2S. The average molecular weight is 377 g/mol. The third kappa shape index (κ3) is 3.99. The lowest BCUT2D eigenvalue weighted by atomic mass is 9.97. The van der Waals surface area contributed by atoms with E-state index >= 15 is 0 Å². The average Bonchev–Trinajstić information content (AvgIpc) is 2.61. The lowest BCUT2D eigenvalue weighted by Gasteiger charge is -2.36. The standard InChI is InChI=1S/C16H22F3N3O2S/c17-13-1-2-14(16(19)15(13)18)25(23,24)22-9-7-21(8-10-22)11-12-3-5-20-6-4-12/h1-2,12,20H,3-11H2. The minimum atomic E-state index is -4.17. The fraction of sp³-hybridized carbons (Fsp3) is 0.625. The van der Waals surface area contributed by atoms with E-state index in [-0.39, 0.29) is 13.1 Å². The van der Waals surface area contributed by atoms with Crippen LogP contribution in [0.4, 0.5) is 13.2 Å². The molecule has 2 fully saturated rings. The smallest absolute Gasteiger partial charge is 0.246 e. The van der Waals surface area contributed by atoms with Gasteiger partial charge in [0.15, 0.2) is 17.5 Å². The molecule has 0 amide bonds. The SMILES string of the molecule is O=S(=O)(c1ccc(F)c(F)c1F)N1CCN(CC2CCNCC2)CC1. The summed E-state index contributed by atoms with van der Waals surface area (Å²) in [5, 5.41) is 3.31. The molecule has 0 aromatic heterocycles. The summed E-state index contributed by atoms with van der Waals surface area (Å²) in [6, 6.07) is 1.42. The second kappa shape index (κ2) is 7.61. The van der Waals surface area contributed by atoms with E-state index < -0.39 is 32.4 Å². The van der Waals surface area contributed by atoms with Crippen LogP contribution >= 0.6 is 0 Å². The van der Waals surface area contributed by atoms with Gasteiger partial charge < -0.3 is 10.2 Å². The van der Waals surface area contributed by atoms with Crippen LogP contribution in [0.3, 0.4) is 0 Å². The third-order valence-corrected chi connectivity index (χ3v) is 6.84. The fourth-order valence-corrected chi connectivity index (χ4v) is 4.91. The summed E-state index contributed by atoms with van der Waals surface area (Å²) in [6.45, 7) is 4.47. The van der Waals surface area contributed by atoms with E-state index in [0.717, 1.165) is 42.8 Å². The van der Waals surface area contributed by atoms with Gasteiger partial charge in [0.05, 0.1) is 0 Å². The van der Waals surface area contributed by atoms with E-state index in [1.54, 1.807) is 0 Å². The van der Waals surface area contributed by atoms with Gasteiger partial charge in [-0.25, -0.2) is 21.6 Å². The second-order valence-electron chi connectivity index (χ2n) is 6.57. The Morgan fingerprint density at radius 2 is 1.64 bits per heavy atom. The molecule has 2 aliphatic rings. The van der Waals surface area contributed by atoms with Crippen molar-refractivity contribution in [1.82, 2.24) is 14.5 Å². The van der Waals surface area contributed by atoms with E-state index in [9.17, 15) is 21.6 Å².